The Balaban J connectivity index is 1.46. The van der Waals surface area contributed by atoms with Crippen molar-refractivity contribution < 1.29 is 4.79 Å². The molecule has 2 unspecified atom stereocenters. The summed E-state index contributed by atoms with van der Waals surface area (Å²) >= 11 is 5.80. The highest BCUT2D eigenvalue weighted by Crippen LogP contribution is 2.39. The maximum Gasteiger partial charge on any atom is 0.226 e. The second-order valence-electron chi connectivity index (χ2n) is 9.02. The number of pyridine rings is 1. The van der Waals surface area contributed by atoms with Crippen molar-refractivity contribution in [1.29, 1.82) is 0 Å². The van der Waals surface area contributed by atoms with Crippen LogP contribution in [0, 0.1) is 13.8 Å². The van der Waals surface area contributed by atoms with Crippen LogP contribution in [0.4, 0.5) is 5.69 Å². The van der Waals surface area contributed by atoms with Gasteiger partial charge in [-0.15, -0.1) is 0 Å². The molecule has 182 valence electrons. The predicted molar refractivity (Wildman–Crippen MR) is 147 cm³/mol. The number of para-hydroxylation sites is 2. The van der Waals surface area contributed by atoms with Gasteiger partial charge in [0, 0.05) is 42.4 Å². The SMILES string of the molecule is Cc1ccccc1NC(=O)CCN1C(=S)NC(c2ccccn2)C1c1cccn1-c1ccccc1C. The summed E-state index contributed by atoms with van der Waals surface area (Å²) in [7, 11) is 0. The van der Waals surface area contributed by atoms with Crippen LogP contribution >= 0.6 is 12.2 Å². The molecule has 0 bridgehead atoms. The summed E-state index contributed by atoms with van der Waals surface area (Å²) in [6, 6.07) is 26.0. The van der Waals surface area contributed by atoms with E-state index in [-0.39, 0.29) is 18.0 Å². The molecule has 1 aliphatic rings. The van der Waals surface area contributed by atoms with Gasteiger partial charge in [0.25, 0.3) is 0 Å². The second-order valence-corrected chi connectivity index (χ2v) is 9.41. The summed E-state index contributed by atoms with van der Waals surface area (Å²) in [5.41, 5.74) is 6.17. The lowest BCUT2D eigenvalue weighted by atomic mass is 10.0. The Kier molecular flexibility index (Phi) is 6.82. The van der Waals surface area contributed by atoms with E-state index in [0.29, 0.717) is 18.1 Å². The normalized spacial score (nSPS) is 17.2. The number of amides is 1. The van der Waals surface area contributed by atoms with Crippen molar-refractivity contribution in [2.75, 3.05) is 11.9 Å². The number of benzene rings is 2. The minimum Gasteiger partial charge on any atom is -0.352 e. The number of aryl methyl sites for hydroxylation is 2. The smallest absolute Gasteiger partial charge is 0.226 e. The van der Waals surface area contributed by atoms with Gasteiger partial charge in [-0.3, -0.25) is 9.78 Å². The largest absolute Gasteiger partial charge is 0.352 e. The maximum absolute atomic E-state index is 12.9. The Hall–Kier alpha value is -3.97. The molecular formula is C29H29N5OS. The summed E-state index contributed by atoms with van der Waals surface area (Å²) in [6.45, 7) is 4.58. The van der Waals surface area contributed by atoms with Gasteiger partial charge in [-0.05, 0) is 73.6 Å². The fourth-order valence-electron chi connectivity index (χ4n) is 4.80. The number of nitrogens with one attached hydrogen (secondary N) is 2. The number of carbonyl (C=O) groups is 1. The summed E-state index contributed by atoms with van der Waals surface area (Å²) in [6.07, 6.45) is 4.19. The number of rotatable bonds is 7. The van der Waals surface area contributed by atoms with Crippen LogP contribution in [0.2, 0.25) is 0 Å². The summed E-state index contributed by atoms with van der Waals surface area (Å²) in [4.78, 5) is 19.6. The fraction of sp³-hybridized carbons (Fsp3) is 0.207. The van der Waals surface area contributed by atoms with Crippen molar-refractivity contribution in [2.45, 2.75) is 32.4 Å². The Labute approximate surface area is 217 Å². The Morgan fingerprint density at radius 1 is 0.972 bits per heavy atom. The van der Waals surface area contributed by atoms with Crippen LogP contribution in [0.1, 0.15) is 41.0 Å². The lowest BCUT2D eigenvalue weighted by Gasteiger charge is -2.29. The first-order chi connectivity index (χ1) is 17.5. The molecule has 1 fully saturated rings. The van der Waals surface area contributed by atoms with Gasteiger partial charge >= 0.3 is 0 Å². The van der Waals surface area contributed by atoms with E-state index in [1.165, 1.54) is 5.56 Å². The van der Waals surface area contributed by atoms with Crippen LogP contribution < -0.4 is 10.6 Å². The van der Waals surface area contributed by atoms with E-state index in [2.05, 4.69) is 62.5 Å². The van der Waals surface area contributed by atoms with E-state index in [9.17, 15) is 4.79 Å². The molecular weight excluding hydrogens is 466 g/mol. The summed E-state index contributed by atoms with van der Waals surface area (Å²) in [5, 5.41) is 7.15. The zero-order chi connectivity index (χ0) is 25.1. The average molecular weight is 496 g/mol. The number of hydrogen-bond donors (Lipinski definition) is 2. The highest BCUT2D eigenvalue weighted by atomic mass is 32.1. The maximum atomic E-state index is 12.9. The Bertz CT molecular complexity index is 1380. The number of aromatic nitrogens is 2. The van der Waals surface area contributed by atoms with Crippen molar-refractivity contribution in [2.24, 2.45) is 0 Å². The zero-order valence-electron chi connectivity index (χ0n) is 20.4. The van der Waals surface area contributed by atoms with E-state index >= 15 is 0 Å². The Morgan fingerprint density at radius 2 is 1.72 bits per heavy atom. The molecule has 2 atom stereocenters. The number of thiocarbonyl (C=S) groups is 1. The highest BCUT2D eigenvalue weighted by molar-refractivity contribution is 7.80. The van der Waals surface area contributed by atoms with Gasteiger partial charge in [0.1, 0.15) is 0 Å². The number of hydrogen-bond acceptors (Lipinski definition) is 3. The lowest BCUT2D eigenvalue weighted by molar-refractivity contribution is -0.116. The van der Waals surface area contributed by atoms with Crippen LogP contribution in [0.3, 0.4) is 0 Å². The van der Waals surface area contributed by atoms with Crippen LogP contribution in [0.15, 0.2) is 91.3 Å². The van der Waals surface area contributed by atoms with Crippen molar-refractivity contribution in [1.82, 2.24) is 19.8 Å². The molecule has 1 saturated heterocycles. The predicted octanol–water partition coefficient (Wildman–Crippen LogP) is 5.49. The molecule has 0 aliphatic carbocycles. The third-order valence-electron chi connectivity index (χ3n) is 6.66. The number of nitrogens with zero attached hydrogens (tertiary/aromatic N) is 3. The second kappa shape index (κ2) is 10.3. The minimum atomic E-state index is -0.143. The molecule has 5 rings (SSSR count). The molecule has 1 aliphatic heterocycles. The van der Waals surface area contributed by atoms with Crippen molar-refractivity contribution in [3.63, 3.8) is 0 Å². The molecule has 0 radical (unpaired) electrons. The standard InChI is InChI=1S/C29H29N5OS/c1-20-10-3-5-12-22(20)31-26(35)16-19-34-28(27(32-29(34)36)23-13-7-8-17-30-23)25-15-9-18-33(25)24-14-6-4-11-21(24)2/h3-15,17-18,27-28H,16,19H2,1-2H3,(H,31,35)(H,32,36). The lowest BCUT2D eigenvalue weighted by Crippen LogP contribution is -2.33. The van der Waals surface area contributed by atoms with E-state index in [1.54, 1.807) is 6.20 Å². The van der Waals surface area contributed by atoms with Gasteiger partial charge in [-0.1, -0.05) is 42.5 Å². The molecule has 36 heavy (non-hydrogen) atoms. The molecule has 1 amide bonds. The minimum absolute atomic E-state index is 0.0403. The molecule has 0 spiro atoms. The third kappa shape index (κ3) is 4.75. The first kappa shape index (κ1) is 23.8. The highest BCUT2D eigenvalue weighted by Gasteiger charge is 2.41. The molecule has 3 heterocycles. The third-order valence-corrected chi connectivity index (χ3v) is 7.01. The van der Waals surface area contributed by atoms with Gasteiger partial charge in [-0.2, -0.15) is 0 Å². The molecule has 2 aromatic heterocycles. The van der Waals surface area contributed by atoms with Crippen LogP contribution in [0.25, 0.3) is 5.69 Å². The summed E-state index contributed by atoms with van der Waals surface area (Å²) in [5.74, 6) is -0.0403. The first-order valence-corrected chi connectivity index (χ1v) is 12.5. The van der Waals surface area contributed by atoms with Gasteiger partial charge < -0.3 is 20.1 Å². The van der Waals surface area contributed by atoms with Gasteiger partial charge in [-0.25, -0.2) is 0 Å². The van der Waals surface area contributed by atoms with E-state index in [1.807, 2.05) is 61.5 Å². The quantitative estimate of drug-likeness (QED) is 0.332. The Morgan fingerprint density at radius 3 is 2.47 bits per heavy atom. The van der Waals surface area contributed by atoms with Crippen LogP contribution in [0.5, 0.6) is 0 Å². The summed E-state index contributed by atoms with van der Waals surface area (Å²) < 4.78 is 2.21. The van der Waals surface area contributed by atoms with Crippen molar-refractivity contribution in [3.8, 4) is 5.69 Å². The topological polar surface area (TPSA) is 62.2 Å². The average Bonchev–Trinajstić information content (AvgIpc) is 3.49. The molecule has 0 saturated carbocycles. The molecule has 2 N–H and O–H groups in total. The molecule has 4 aromatic rings. The fourth-order valence-corrected chi connectivity index (χ4v) is 5.14. The monoisotopic (exact) mass is 495 g/mol. The van der Waals surface area contributed by atoms with E-state index in [0.717, 1.165) is 28.3 Å². The van der Waals surface area contributed by atoms with Crippen molar-refractivity contribution in [3.05, 3.63) is 114 Å². The molecule has 7 heteroatoms. The van der Waals surface area contributed by atoms with E-state index in [4.69, 9.17) is 12.2 Å². The zero-order valence-corrected chi connectivity index (χ0v) is 21.2. The van der Waals surface area contributed by atoms with Gasteiger partial charge in [0.2, 0.25) is 5.91 Å². The number of carbonyl (C=O) groups excluding carboxylic acids is 1. The van der Waals surface area contributed by atoms with Crippen molar-refractivity contribution >= 4 is 28.9 Å². The molecule has 6 nitrogen and oxygen atoms in total. The van der Waals surface area contributed by atoms with Crippen LogP contribution in [-0.4, -0.2) is 32.0 Å². The number of anilines is 1. The first-order valence-electron chi connectivity index (χ1n) is 12.1. The van der Waals surface area contributed by atoms with Gasteiger partial charge in [0.15, 0.2) is 5.11 Å². The molecule has 2 aromatic carbocycles. The van der Waals surface area contributed by atoms with Crippen LogP contribution in [-0.2, 0) is 4.79 Å². The van der Waals surface area contributed by atoms with Gasteiger partial charge in [0.05, 0.1) is 17.8 Å². The van der Waals surface area contributed by atoms with E-state index < -0.39 is 0 Å².